The average Bonchev–Trinajstić information content (AvgIpc) is 2.28. The van der Waals surface area contributed by atoms with Gasteiger partial charge in [-0.3, -0.25) is 9.59 Å². The summed E-state index contributed by atoms with van der Waals surface area (Å²) < 4.78 is 0. The van der Waals surface area contributed by atoms with Gasteiger partial charge in [0.25, 0.3) is 0 Å². The van der Waals surface area contributed by atoms with Crippen molar-refractivity contribution in [3.05, 3.63) is 12.7 Å². The molecule has 0 aromatic heterocycles. The highest BCUT2D eigenvalue weighted by Gasteiger charge is 2.31. The molecule has 2 N–H and O–H groups in total. The summed E-state index contributed by atoms with van der Waals surface area (Å²) in [7, 11) is 0. The summed E-state index contributed by atoms with van der Waals surface area (Å²) >= 11 is 0. The van der Waals surface area contributed by atoms with Crippen LogP contribution in [0.1, 0.15) is 19.8 Å². The summed E-state index contributed by atoms with van der Waals surface area (Å²) in [4.78, 5) is 24.2. The van der Waals surface area contributed by atoms with Crippen molar-refractivity contribution in [1.82, 2.24) is 10.2 Å². The Morgan fingerprint density at radius 3 is 2.82 bits per heavy atom. The predicted octanol–water partition coefficient (Wildman–Crippen LogP) is 0.474. The van der Waals surface area contributed by atoms with Gasteiger partial charge in [-0.15, -0.1) is 6.58 Å². The van der Waals surface area contributed by atoms with E-state index >= 15 is 0 Å². The number of rotatable bonds is 5. The number of aliphatic carboxylic acids is 1. The molecule has 5 heteroatoms. The van der Waals surface area contributed by atoms with E-state index in [2.05, 4.69) is 11.9 Å². The van der Waals surface area contributed by atoms with Crippen LogP contribution in [0, 0.1) is 5.92 Å². The number of hydrogen-bond donors (Lipinski definition) is 2. The summed E-state index contributed by atoms with van der Waals surface area (Å²) in [5.41, 5.74) is 0. The highest BCUT2D eigenvalue weighted by Crippen LogP contribution is 2.17. The fourth-order valence-corrected chi connectivity index (χ4v) is 2.13. The van der Waals surface area contributed by atoms with Crippen LogP contribution in [0.2, 0.25) is 0 Å². The fraction of sp³-hybridized carbons (Fsp3) is 0.667. The third-order valence-corrected chi connectivity index (χ3v) is 3.02. The van der Waals surface area contributed by atoms with Crippen LogP contribution in [0.4, 0.5) is 0 Å². The summed E-state index contributed by atoms with van der Waals surface area (Å²) in [5, 5.41) is 11.9. The van der Waals surface area contributed by atoms with E-state index in [0.717, 1.165) is 19.4 Å². The van der Waals surface area contributed by atoms with Crippen molar-refractivity contribution in [2.24, 2.45) is 5.92 Å². The molecule has 0 saturated carbocycles. The van der Waals surface area contributed by atoms with E-state index in [4.69, 9.17) is 5.11 Å². The van der Waals surface area contributed by atoms with E-state index in [1.165, 1.54) is 4.90 Å². The van der Waals surface area contributed by atoms with Gasteiger partial charge in [-0.25, -0.2) is 0 Å². The van der Waals surface area contributed by atoms with Crippen LogP contribution in [0.5, 0.6) is 0 Å². The van der Waals surface area contributed by atoms with Crippen molar-refractivity contribution in [3.63, 3.8) is 0 Å². The molecule has 96 valence electrons. The van der Waals surface area contributed by atoms with Crippen molar-refractivity contribution in [3.8, 4) is 0 Å². The zero-order valence-electron chi connectivity index (χ0n) is 10.2. The Bertz CT molecular complexity index is 304. The van der Waals surface area contributed by atoms with Gasteiger partial charge in [-0.05, 0) is 25.3 Å². The SMILES string of the molecule is C=CCN(CC(=O)O)C(=O)C1NCCCC1C. The summed E-state index contributed by atoms with van der Waals surface area (Å²) in [6.45, 7) is 6.38. The van der Waals surface area contributed by atoms with Gasteiger partial charge in [0.2, 0.25) is 5.91 Å². The lowest BCUT2D eigenvalue weighted by atomic mass is 9.92. The molecule has 2 atom stereocenters. The Hall–Kier alpha value is -1.36. The van der Waals surface area contributed by atoms with Gasteiger partial charge in [0, 0.05) is 6.54 Å². The molecular weight excluding hydrogens is 220 g/mol. The lowest BCUT2D eigenvalue weighted by Gasteiger charge is -2.32. The molecule has 17 heavy (non-hydrogen) atoms. The first-order valence-corrected chi connectivity index (χ1v) is 5.91. The summed E-state index contributed by atoms with van der Waals surface area (Å²) in [5.74, 6) is -0.888. The van der Waals surface area contributed by atoms with Crippen molar-refractivity contribution < 1.29 is 14.7 Å². The monoisotopic (exact) mass is 240 g/mol. The minimum atomic E-state index is -0.997. The third-order valence-electron chi connectivity index (χ3n) is 3.02. The van der Waals surface area contributed by atoms with Gasteiger partial charge >= 0.3 is 5.97 Å². The number of hydrogen-bond acceptors (Lipinski definition) is 3. The molecule has 1 aliphatic rings. The maximum Gasteiger partial charge on any atom is 0.323 e. The number of nitrogens with zero attached hydrogens (tertiary/aromatic N) is 1. The average molecular weight is 240 g/mol. The molecule has 2 unspecified atom stereocenters. The minimum Gasteiger partial charge on any atom is -0.480 e. The Morgan fingerprint density at radius 2 is 2.29 bits per heavy atom. The highest BCUT2D eigenvalue weighted by molar-refractivity contribution is 5.85. The maximum atomic E-state index is 12.2. The number of carbonyl (C=O) groups is 2. The predicted molar refractivity (Wildman–Crippen MR) is 64.6 cm³/mol. The Kier molecular flexibility index (Phi) is 5.15. The number of carboxylic acids is 1. The van der Waals surface area contributed by atoms with Gasteiger partial charge < -0.3 is 15.3 Å². The normalized spacial score (nSPS) is 24.1. The molecule has 0 radical (unpaired) electrons. The van der Waals surface area contributed by atoms with Crippen LogP contribution in [0.3, 0.4) is 0 Å². The molecule has 1 saturated heterocycles. The first-order chi connectivity index (χ1) is 8.06. The minimum absolute atomic E-state index is 0.139. The fourth-order valence-electron chi connectivity index (χ4n) is 2.13. The van der Waals surface area contributed by atoms with Crippen LogP contribution in [-0.2, 0) is 9.59 Å². The Morgan fingerprint density at radius 1 is 1.59 bits per heavy atom. The van der Waals surface area contributed by atoms with Gasteiger partial charge in [0.05, 0.1) is 6.04 Å². The summed E-state index contributed by atoms with van der Waals surface area (Å²) in [6, 6.07) is -0.261. The molecule has 1 amide bonds. The first kappa shape index (κ1) is 13.7. The van der Waals surface area contributed by atoms with Crippen molar-refractivity contribution in [1.29, 1.82) is 0 Å². The Balaban J connectivity index is 2.68. The molecule has 0 bridgehead atoms. The van der Waals surface area contributed by atoms with Crippen molar-refractivity contribution in [2.45, 2.75) is 25.8 Å². The van der Waals surface area contributed by atoms with E-state index < -0.39 is 5.97 Å². The number of amides is 1. The van der Waals surface area contributed by atoms with Crippen LogP contribution >= 0.6 is 0 Å². The molecule has 0 aromatic rings. The van der Waals surface area contributed by atoms with Crippen molar-refractivity contribution in [2.75, 3.05) is 19.6 Å². The van der Waals surface area contributed by atoms with Gasteiger partial charge in [0.15, 0.2) is 0 Å². The molecule has 0 aromatic carbocycles. The van der Waals surface area contributed by atoms with Gasteiger partial charge in [-0.1, -0.05) is 13.0 Å². The molecule has 0 aliphatic carbocycles. The lowest BCUT2D eigenvalue weighted by molar-refractivity contribution is -0.145. The molecule has 1 fully saturated rings. The zero-order valence-corrected chi connectivity index (χ0v) is 10.2. The molecule has 1 aliphatic heterocycles. The first-order valence-electron chi connectivity index (χ1n) is 5.91. The van der Waals surface area contributed by atoms with Crippen LogP contribution in [0.15, 0.2) is 12.7 Å². The standard InChI is InChI=1S/C12H20N2O3/c1-3-7-14(8-10(15)16)12(17)11-9(2)5-4-6-13-11/h3,9,11,13H,1,4-8H2,2H3,(H,15,16). The lowest BCUT2D eigenvalue weighted by Crippen LogP contribution is -2.53. The molecule has 1 heterocycles. The molecule has 0 spiro atoms. The number of nitrogens with one attached hydrogen (secondary N) is 1. The van der Waals surface area contributed by atoms with Crippen LogP contribution in [0.25, 0.3) is 0 Å². The van der Waals surface area contributed by atoms with Crippen molar-refractivity contribution >= 4 is 11.9 Å². The Labute approximate surface area is 101 Å². The van der Waals surface area contributed by atoms with E-state index in [9.17, 15) is 9.59 Å². The van der Waals surface area contributed by atoms with Crippen LogP contribution < -0.4 is 5.32 Å². The number of piperidine rings is 1. The number of carbonyl (C=O) groups excluding carboxylic acids is 1. The summed E-state index contributed by atoms with van der Waals surface area (Å²) in [6.07, 6.45) is 3.61. The third kappa shape index (κ3) is 3.85. The van der Waals surface area contributed by atoms with Crippen LogP contribution in [-0.4, -0.2) is 47.6 Å². The van der Waals surface area contributed by atoms with E-state index in [-0.39, 0.29) is 31.0 Å². The second kappa shape index (κ2) is 6.39. The molecule has 1 rings (SSSR count). The molecule has 5 nitrogen and oxygen atoms in total. The van der Waals surface area contributed by atoms with E-state index in [1.807, 2.05) is 6.92 Å². The number of carboxylic acid groups (broad SMARTS) is 1. The van der Waals surface area contributed by atoms with E-state index in [0.29, 0.717) is 0 Å². The maximum absolute atomic E-state index is 12.2. The van der Waals surface area contributed by atoms with E-state index in [1.54, 1.807) is 6.08 Å². The highest BCUT2D eigenvalue weighted by atomic mass is 16.4. The second-order valence-electron chi connectivity index (χ2n) is 4.45. The van der Waals surface area contributed by atoms with Gasteiger partial charge in [0.1, 0.15) is 6.54 Å². The smallest absolute Gasteiger partial charge is 0.323 e. The van der Waals surface area contributed by atoms with Gasteiger partial charge in [-0.2, -0.15) is 0 Å². The zero-order chi connectivity index (χ0) is 12.8. The second-order valence-corrected chi connectivity index (χ2v) is 4.45. The molecular formula is C12H20N2O3. The topological polar surface area (TPSA) is 69.6 Å². The quantitative estimate of drug-likeness (QED) is 0.686. The largest absolute Gasteiger partial charge is 0.480 e.